The van der Waals surface area contributed by atoms with Crippen LogP contribution in [0.3, 0.4) is 0 Å². The molecule has 0 aliphatic rings. The van der Waals surface area contributed by atoms with Gasteiger partial charge in [0.2, 0.25) is 0 Å². The molecule has 2 heteroatoms. The van der Waals surface area contributed by atoms with Gasteiger partial charge in [0.1, 0.15) is 0 Å². The van der Waals surface area contributed by atoms with Crippen molar-refractivity contribution in [3.8, 4) is 0 Å². The fourth-order valence-corrected chi connectivity index (χ4v) is 0.744. The van der Waals surface area contributed by atoms with Crippen molar-refractivity contribution in [3.63, 3.8) is 0 Å². The Kier molecular flexibility index (Phi) is 4.10. The van der Waals surface area contributed by atoms with E-state index >= 15 is 0 Å². The summed E-state index contributed by atoms with van der Waals surface area (Å²) in [7, 11) is 0. The molecular weight excluding hydrogens is 116 g/mol. The maximum Gasteiger partial charge on any atom is 0.306 e. The second-order valence-electron chi connectivity index (χ2n) is 2.07. The van der Waals surface area contributed by atoms with E-state index < -0.39 is 5.97 Å². The monoisotopic (exact) mass is 129 g/mol. The fourth-order valence-electron chi connectivity index (χ4n) is 0.744. The lowest BCUT2D eigenvalue weighted by molar-refractivity contribution is -0.140. The lowest BCUT2D eigenvalue weighted by Crippen LogP contribution is -2.12. The SMILES string of the molecule is C[CH]C(CCC)C(=O)O. The van der Waals surface area contributed by atoms with Crippen LogP contribution in [-0.4, -0.2) is 11.1 Å². The van der Waals surface area contributed by atoms with Gasteiger partial charge in [-0.2, -0.15) is 0 Å². The van der Waals surface area contributed by atoms with Crippen molar-refractivity contribution in [2.24, 2.45) is 5.92 Å². The third-order valence-corrected chi connectivity index (χ3v) is 1.32. The van der Waals surface area contributed by atoms with E-state index in [0.29, 0.717) is 0 Å². The fraction of sp³-hybridized carbons (Fsp3) is 0.714. The van der Waals surface area contributed by atoms with E-state index in [4.69, 9.17) is 5.11 Å². The number of aliphatic carboxylic acids is 1. The number of rotatable bonds is 4. The van der Waals surface area contributed by atoms with Crippen molar-refractivity contribution in [1.82, 2.24) is 0 Å². The summed E-state index contributed by atoms with van der Waals surface area (Å²) in [6, 6.07) is 0. The van der Waals surface area contributed by atoms with Crippen molar-refractivity contribution >= 4 is 5.97 Å². The first-order valence-electron chi connectivity index (χ1n) is 3.24. The summed E-state index contributed by atoms with van der Waals surface area (Å²) in [5, 5.41) is 8.47. The van der Waals surface area contributed by atoms with E-state index in [2.05, 4.69) is 0 Å². The summed E-state index contributed by atoms with van der Waals surface area (Å²) in [6.07, 6.45) is 3.42. The van der Waals surface area contributed by atoms with E-state index in [1.54, 1.807) is 13.3 Å². The summed E-state index contributed by atoms with van der Waals surface area (Å²) in [5.74, 6) is -0.950. The van der Waals surface area contributed by atoms with Crippen LogP contribution in [0, 0.1) is 12.3 Å². The van der Waals surface area contributed by atoms with Crippen LogP contribution in [0.2, 0.25) is 0 Å². The van der Waals surface area contributed by atoms with Crippen LogP contribution in [0.15, 0.2) is 0 Å². The predicted molar refractivity (Wildman–Crippen MR) is 36.0 cm³/mol. The Morgan fingerprint density at radius 2 is 2.33 bits per heavy atom. The minimum absolute atomic E-state index is 0.241. The van der Waals surface area contributed by atoms with E-state index in [0.717, 1.165) is 12.8 Å². The summed E-state index contributed by atoms with van der Waals surface area (Å²) < 4.78 is 0. The van der Waals surface area contributed by atoms with Gasteiger partial charge in [-0.15, -0.1) is 0 Å². The quantitative estimate of drug-likeness (QED) is 0.627. The Hall–Kier alpha value is -0.530. The molecule has 53 valence electrons. The Bertz CT molecular complexity index is 88.9. The maximum atomic E-state index is 10.3. The molecule has 2 nitrogen and oxygen atoms in total. The highest BCUT2D eigenvalue weighted by Crippen LogP contribution is 2.08. The molecule has 1 radical (unpaired) electrons. The van der Waals surface area contributed by atoms with Crippen LogP contribution in [0.1, 0.15) is 26.7 Å². The van der Waals surface area contributed by atoms with Crippen LogP contribution in [-0.2, 0) is 4.79 Å². The van der Waals surface area contributed by atoms with Gasteiger partial charge in [-0.05, 0) is 12.8 Å². The van der Waals surface area contributed by atoms with Crippen molar-refractivity contribution in [3.05, 3.63) is 6.42 Å². The van der Waals surface area contributed by atoms with Crippen molar-refractivity contribution in [1.29, 1.82) is 0 Å². The Morgan fingerprint density at radius 1 is 1.78 bits per heavy atom. The van der Waals surface area contributed by atoms with Crippen LogP contribution < -0.4 is 0 Å². The van der Waals surface area contributed by atoms with Gasteiger partial charge in [-0.25, -0.2) is 0 Å². The molecule has 1 atom stereocenters. The molecule has 9 heavy (non-hydrogen) atoms. The van der Waals surface area contributed by atoms with Gasteiger partial charge < -0.3 is 5.11 Å². The minimum atomic E-state index is -0.709. The molecule has 0 fully saturated rings. The molecule has 0 aromatic carbocycles. The number of carboxylic acids is 1. The zero-order valence-corrected chi connectivity index (χ0v) is 5.92. The molecule has 0 saturated heterocycles. The van der Waals surface area contributed by atoms with Gasteiger partial charge in [0.15, 0.2) is 0 Å². The summed E-state index contributed by atoms with van der Waals surface area (Å²) in [5.41, 5.74) is 0. The lowest BCUT2D eigenvalue weighted by Gasteiger charge is -2.05. The van der Waals surface area contributed by atoms with Crippen LogP contribution in [0.25, 0.3) is 0 Å². The average Bonchev–Trinajstić information content (AvgIpc) is 1.82. The first kappa shape index (κ1) is 8.47. The van der Waals surface area contributed by atoms with Gasteiger partial charge in [-0.3, -0.25) is 4.79 Å². The minimum Gasteiger partial charge on any atom is -0.481 e. The van der Waals surface area contributed by atoms with Crippen molar-refractivity contribution < 1.29 is 9.90 Å². The Balaban J connectivity index is 3.54. The number of carbonyl (C=O) groups is 1. The summed E-state index contributed by atoms with van der Waals surface area (Å²) >= 11 is 0. The molecule has 0 aromatic rings. The molecule has 0 spiro atoms. The molecule has 0 aliphatic heterocycles. The van der Waals surface area contributed by atoms with E-state index in [-0.39, 0.29) is 5.92 Å². The van der Waals surface area contributed by atoms with Gasteiger partial charge in [0.25, 0.3) is 0 Å². The second kappa shape index (κ2) is 4.36. The maximum absolute atomic E-state index is 10.3. The average molecular weight is 129 g/mol. The standard InChI is InChI=1S/C7H13O2/c1-3-5-6(4-2)7(8)9/h4,6H,3,5H2,1-2H3,(H,8,9). The molecule has 1 unspecified atom stereocenters. The van der Waals surface area contributed by atoms with E-state index in [1.165, 1.54) is 0 Å². The van der Waals surface area contributed by atoms with E-state index in [9.17, 15) is 4.79 Å². The second-order valence-corrected chi connectivity index (χ2v) is 2.07. The van der Waals surface area contributed by atoms with Gasteiger partial charge in [-0.1, -0.05) is 20.3 Å². The number of hydrogen-bond acceptors (Lipinski definition) is 1. The molecule has 0 heterocycles. The molecule has 0 bridgehead atoms. The molecule has 0 saturated carbocycles. The van der Waals surface area contributed by atoms with Crippen LogP contribution >= 0.6 is 0 Å². The van der Waals surface area contributed by atoms with Gasteiger partial charge >= 0.3 is 5.97 Å². The molecule has 0 amide bonds. The third kappa shape index (κ3) is 3.12. The topological polar surface area (TPSA) is 37.3 Å². The summed E-state index contributed by atoms with van der Waals surface area (Å²) in [6.45, 7) is 3.77. The normalized spacial score (nSPS) is 13.1. The smallest absolute Gasteiger partial charge is 0.306 e. The molecule has 0 aliphatic carbocycles. The highest BCUT2D eigenvalue weighted by Gasteiger charge is 2.12. The zero-order chi connectivity index (χ0) is 7.28. The highest BCUT2D eigenvalue weighted by atomic mass is 16.4. The molecule has 1 N–H and O–H groups in total. The van der Waals surface area contributed by atoms with Crippen molar-refractivity contribution in [2.75, 3.05) is 0 Å². The number of hydrogen-bond donors (Lipinski definition) is 1. The first-order valence-corrected chi connectivity index (χ1v) is 3.24. The van der Waals surface area contributed by atoms with Crippen LogP contribution in [0.4, 0.5) is 0 Å². The van der Waals surface area contributed by atoms with Gasteiger partial charge in [0, 0.05) is 0 Å². The number of carboxylic acid groups (broad SMARTS) is 1. The van der Waals surface area contributed by atoms with Gasteiger partial charge in [0.05, 0.1) is 5.92 Å². The predicted octanol–water partition coefficient (Wildman–Crippen LogP) is 1.71. The Morgan fingerprint density at radius 3 is 2.44 bits per heavy atom. The highest BCUT2D eigenvalue weighted by molar-refractivity contribution is 5.71. The van der Waals surface area contributed by atoms with Crippen LogP contribution in [0.5, 0.6) is 0 Å². The molecule has 0 aromatic heterocycles. The molecular formula is C7H13O2. The zero-order valence-electron chi connectivity index (χ0n) is 5.92. The Labute approximate surface area is 55.9 Å². The molecule has 0 rings (SSSR count). The van der Waals surface area contributed by atoms with Crippen molar-refractivity contribution in [2.45, 2.75) is 26.7 Å². The lowest BCUT2D eigenvalue weighted by atomic mass is 10.0. The first-order chi connectivity index (χ1) is 4.22. The largest absolute Gasteiger partial charge is 0.481 e. The third-order valence-electron chi connectivity index (χ3n) is 1.32. The summed E-state index contributed by atoms with van der Waals surface area (Å²) in [4.78, 5) is 10.3. The van der Waals surface area contributed by atoms with E-state index in [1.807, 2.05) is 6.92 Å².